The standard InChI is InChI=1S/C32H52O2/c1-21(33)34-26-13-17-30(7)22(28(26,4)5)11-15-31(8)23-10-14-29(6)19-18-27(2,3)20-25(29)32(23,9)16-12-24(30)31/h10,22,24-26H,11-20H2,1-9H3/t22-,24+,25+,26-,29-,30-,31-,32-/m0/s1. The summed E-state index contributed by atoms with van der Waals surface area (Å²) in [7, 11) is 0. The third-order valence-electron chi connectivity index (χ3n) is 13.0. The van der Waals surface area contributed by atoms with Crippen molar-refractivity contribution >= 4 is 5.97 Å². The highest BCUT2D eigenvalue weighted by Gasteiger charge is 2.67. The molecular weight excluding hydrogens is 416 g/mol. The van der Waals surface area contributed by atoms with Crippen LogP contribution in [0.2, 0.25) is 0 Å². The molecule has 2 nitrogen and oxygen atoms in total. The Bertz CT molecular complexity index is 897. The van der Waals surface area contributed by atoms with Crippen LogP contribution in [0.5, 0.6) is 0 Å². The zero-order valence-electron chi connectivity index (χ0n) is 23.8. The summed E-state index contributed by atoms with van der Waals surface area (Å²) in [6.45, 7) is 22.0. The maximum atomic E-state index is 11.9. The van der Waals surface area contributed by atoms with Crippen LogP contribution in [-0.2, 0) is 9.53 Å². The Morgan fingerprint density at radius 1 is 0.794 bits per heavy atom. The van der Waals surface area contributed by atoms with E-state index in [2.05, 4.69) is 61.5 Å². The largest absolute Gasteiger partial charge is 0.462 e. The van der Waals surface area contributed by atoms with Crippen LogP contribution in [0.15, 0.2) is 11.6 Å². The van der Waals surface area contributed by atoms with Crippen molar-refractivity contribution in [2.24, 2.45) is 50.2 Å². The molecule has 192 valence electrons. The van der Waals surface area contributed by atoms with Gasteiger partial charge in [-0.25, -0.2) is 0 Å². The lowest BCUT2D eigenvalue weighted by Gasteiger charge is -2.70. The third kappa shape index (κ3) is 3.28. The molecular formula is C32H52O2. The van der Waals surface area contributed by atoms with Crippen molar-refractivity contribution in [3.63, 3.8) is 0 Å². The summed E-state index contributed by atoms with van der Waals surface area (Å²) in [5, 5.41) is 0. The number of hydrogen-bond donors (Lipinski definition) is 0. The van der Waals surface area contributed by atoms with Crippen molar-refractivity contribution in [2.75, 3.05) is 0 Å². The highest BCUT2D eigenvalue weighted by Crippen LogP contribution is 2.75. The van der Waals surface area contributed by atoms with Crippen LogP contribution >= 0.6 is 0 Å². The molecule has 5 aliphatic rings. The number of carbonyl (C=O) groups is 1. The van der Waals surface area contributed by atoms with Crippen LogP contribution in [0.1, 0.15) is 127 Å². The molecule has 0 bridgehead atoms. The van der Waals surface area contributed by atoms with Gasteiger partial charge in [0.15, 0.2) is 0 Å². The minimum atomic E-state index is -0.110. The molecule has 2 heteroatoms. The van der Waals surface area contributed by atoms with Gasteiger partial charge in [-0.05, 0) is 109 Å². The third-order valence-corrected chi connectivity index (χ3v) is 13.0. The normalized spacial score (nSPS) is 51.1. The molecule has 0 amide bonds. The molecule has 5 rings (SSSR count). The lowest BCUT2D eigenvalue weighted by Crippen LogP contribution is -2.63. The van der Waals surface area contributed by atoms with Gasteiger partial charge in [0.2, 0.25) is 0 Å². The van der Waals surface area contributed by atoms with Crippen LogP contribution in [0.25, 0.3) is 0 Å². The molecule has 4 saturated carbocycles. The lowest BCUT2D eigenvalue weighted by atomic mass is 9.34. The Balaban J connectivity index is 1.51. The molecule has 0 unspecified atom stereocenters. The van der Waals surface area contributed by atoms with E-state index < -0.39 is 0 Å². The van der Waals surface area contributed by atoms with Gasteiger partial charge in [-0.1, -0.05) is 67.0 Å². The Morgan fingerprint density at radius 2 is 1.41 bits per heavy atom. The second-order valence-corrected chi connectivity index (χ2v) is 15.9. The molecule has 0 radical (unpaired) electrons. The summed E-state index contributed by atoms with van der Waals surface area (Å²) in [5.41, 5.74) is 3.90. The van der Waals surface area contributed by atoms with Gasteiger partial charge >= 0.3 is 5.97 Å². The molecule has 4 fully saturated rings. The molecule has 8 atom stereocenters. The maximum Gasteiger partial charge on any atom is 0.302 e. The smallest absolute Gasteiger partial charge is 0.302 e. The summed E-state index contributed by atoms with van der Waals surface area (Å²) in [4.78, 5) is 11.9. The van der Waals surface area contributed by atoms with E-state index in [1.54, 1.807) is 6.92 Å². The molecule has 0 aromatic rings. The quantitative estimate of drug-likeness (QED) is 0.284. The Kier molecular flexibility index (Phi) is 5.40. The summed E-state index contributed by atoms with van der Waals surface area (Å²) >= 11 is 0. The van der Waals surface area contributed by atoms with Gasteiger partial charge in [0.1, 0.15) is 6.10 Å². The second-order valence-electron chi connectivity index (χ2n) is 15.9. The predicted molar refractivity (Wildman–Crippen MR) is 140 cm³/mol. The summed E-state index contributed by atoms with van der Waals surface area (Å²) in [6, 6.07) is 0. The van der Waals surface area contributed by atoms with Gasteiger partial charge in [0.05, 0.1) is 0 Å². The Morgan fingerprint density at radius 3 is 2.06 bits per heavy atom. The average Bonchev–Trinajstić information content (AvgIpc) is 2.70. The van der Waals surface area contributed by atoms with Crippen molar-refractivity contribution < 1.29 is 9.53 Å². The fourth-order valence-corrected chi connectivity index (χ4v) is 11.2. The maximum absolute atomic E-state index is 11.9. The molecule has 0 N–H and O–H groups in total. The van der Waals surface area contributed by atoms with Gasteiger partial charge < -0.3 is 4.74 Å². The van der Waals surface area contributed by atoms with Gasteiger partial charge in [-0.2, -0.15) is 0 Å². The zero-order valence-corrected chi connectivity index (χ0v) is 23.8. The van der Waals surface area contributed by atoms with Crippen LogP contribution in [-0.4, -0.2) is 12.1 Å². The summed E-state index contributed by atoms with van der Waals surface area (Å²) in [6.07, 6.45) is 15.9. The fourth-order valence-electron chi connectivity index (χ4n) is 11.2. The van der Waals surface area contributed by atoms with Crippen LogP contribution < -0.4 is 0 Å². The second kappa shape index (κ2) is 7.38. The van der Waals surface area contributed by atoms with E-state index >= 15 is 0 Å². The SMILES string of the molecule is CC(=O)O[C@H]1CC[C@]2(C)[C@H]3CC[C@@]4(C)C(=CC[C@@]5(C)CCC(C)(C)C[C@H]54)[C@]3(C)CC[C@H]2C1(C)C. The van der Waals surface area contributed by atoms with Crippen LogP contribution in [0, 0.1) is 50.2 Å². The number of fused-ring (bicyclic) bond motifs is 7. The highest BCUT2D eigenvalue weighted by molar-refractivity contribution is 5.66. The minimum Gasteiger partial charge on any atom is -0.462 e. The fraction of sp³-hybridized carbons (Fsp3) is 0.906. The molecule has 0 spiro atoms. The van der Waals surface area contributed by atoms with Crippen molar-refractivity contribution in [1.82, 2.24) is 0 Å². The summed E-state index contributed by atoms with van der Waals surface area (Å²) < 4.78 is 5.90. The lowest BCUT2D eigenvalue weighted by molar-refractivity contribution is -0.198. The van der Waals surface area contributed by atoms with Crippen molar-refractivity contribution in [2.45, 2.75) is 133 Å². The first-order chi connectivity index (χ1) is 15.6. The molecule has 0 aliphatic heterocycles. The van der Waals surface area contributed by atoms with Gasteiger partial charge in [0.25, 0.3) is 0 Å². The molecule has 0 aromatic carbocycles. The van der Waals surface area contributed by atoms with Crippen molar-refractivity contribution in [3.05, 3.63) is 11.6 Å². The highest BCUT2D eigenvalue weighted by atomic mass is 16.5. The zero-order chi connectivity index (χ0) is 24.9. The van der Waals surface area contributed by atoms with Crippen molar-refractivity contribution in [3.8, 4) is 0 Å². The molecule has 34 heavy (non-hydrogen) atoms. The number of allylic oxidation sites excluding steroid dienone is 2. The molecule has 5 aliphatic carbocycles. The Hall–Kier alpha value is -0.790. The first kappa shape index (κ1) is 24.9. The van der Waals surface area contributed by atoms with E-state index in [0.717, 1.165) is 18.3 Å². The number of carbonyl (C=O) groups excluding carboxylic acids is 1. The Labute approximate surface area is 210 Å². The van der Waals surface area contributed by atoms with E-state index in [0.29, 0.717) is 33.0 Å². The van der Waals surface area contributed by atoms with E-state index in [9.17, 15) is 4.79 Å². The first-order valence-electron chi connectivity index (χ1n) is 14.5. The minimum absolute atomic E-state index is 0.0493. The summed E-state index contributed by atoms with van der Waals surface area (Å²) in [5.74, 6) is 2.09. The van der Waals surface area contributed by atoms with E-state index in [-0.39, 0.29) is 17.5 Å². The van der Waals surface area contributed by atoms with E-state index in [4.69, 9.17) is 4.74 Å². The molecule has 0 saturated heterocycles. The predicted octanol–water partition coefficient (Wildman–Crippen LogP) is 8.74. The number of hydrogen-bond acceptors (Lipinski definition) is 2. The van der Waals surface area contributed by atoms with Gasteiger partial charge in [-0.15, -0.1) is 0 Å². The van der Waals surface area contributed by atoms with Crippen LogP contribution in [0.4, 0.5) is 0 Å². The number of ether oxygens (including phenoxy) is 1. The topological polar surface area (TPSA) is 26.3 Å². The monoisotopic (exact) mass is 468 g/mol. The van der Waals surface area contributed by atoms with Crippen molar-refractivity contribution in [1.29, 1.82) is 0 Å². The van der Waals surface area contributed by atoms with Gasteiger partial charge in [0, 0.05) is 12.3 Å². The van der Waals surface area contributed by atoms with E-state index in [1.807, 2.05) is 5.57 Å². The van der Waals surface area contributed by atoms with Crippen LogP contribution in [0.3, 0.4) is 0 Å². The van der Waals surface area contributed by atoms with Gasteiger partial charge in [-0.3, -0.25) is 4.79 Å². The average molecular weight is 469 g/mol. The number of esters is 1. The first-order valence-corrected chi connectivity index (χ1v) is 14.5. The van der Waals surface area contributed by atoms with E-state index in [1.165, 1.54) is 57.8 Å². The molecule has 0 heterocycles. The molecule has 0 aromatic heterocycles. The number of rotatable bonds is 1.